The molecule has 0 aliphatic heterocycles. The van der Waals surface area contributed by atoms with Crippen LogP contribution in [0.5, 0.6) is 0 Å². The molecule has 1 amide bonds. The molecule has 0 aliphatic rings. The first-order valence-electron chi connectivity index (χ1n) is 4.50. The molecule has 86 valence electrons. The molecule has 0 aromatic heterocycles. The van der Waals surface area contributed by atoms with Crippen LogP contribution in [0.15, 0.2) is 23.2 Å². The van der Waals surface area contributed by atoms with Crippen molar-refractivity contribution in [1.29, 1.82) is 0 Å². The number of aliphatic imine (C=N–C) groups is 1. The number of aryl methyl sites for hydroxylation is 1. The summed E-state index contributed by atoms with van der Waals surface area (Å²) in [5.41, 5.74) is 11.8. The molecule has 6 heteroatoms. The van der Waals surface area contributed by atoms with E-state index in [1.54, 1.807) is 6.07 Å². The zero-order valence-electron chi connectivity index (χ0n) is 8.74. The first kappa shape index (κ1) is 12.3. The summed E-state index contributed by atoms with van der Waals surface area (Å²) in [6, 6.07) is 5.43. The van der Waals surface area contributed by atoms with Gasteiger partial charge >= 0.3 is 6.09 Å². The number of carbonyl (C=O) groups excluding carboxylic acids is 1. The van der Waals surface area contributed by atoms with E-state index in [4.69, 9.17) is 27.8 Å². The summed E-state index contributed by atoms with van der Waals surface area (Å²) in [5.74, 6) is -0.333. The smallest absolute Gasteiger partial charge is 0.437 e. The van der Waals surface area contributed by atoms with E-state index in [1.807, 2.05) is 19.1 Å². The van der Waals surface area contributed by atoms with Crippen molar-refractivity contribution in [2.45, 2.75) is 13.5 Å². The lowest BCUT2D eigenvalue weighted by Gasteiger charge is -2.05. The number of ether oxygens (including phenoxy) is 1. The molecule has 0 fully saturated rings. The average Bonchev–Trinajstić information content (AvgIpc) is 2.18. The summed E-state index contributed by atoms with van der Waals surface area (Å²) in [7, 11) is 0. The third-order valence-corrected chi connectivity index (χ3v) is 2.14. The van der Waals surface area contributed by atoms with Gasteiger partial charge in [0.05, 0.1) is 0 Å². The number of hydrogen-bond donors (Lipinski definition) is 2. The van der Waals surface area contributed by atoms with Gasteiger partial charge in [0, 0.05) is 10.6 Å². The molecule has 0 heterocycles. The van der Waals surface area contributed by atoms with Gasteiger partial charge in [-0.3, -0.25) is 0 Å². The standard InChI is InChI=1S/C10H12ClN3O2/c1-6-2-3-8(11)7(4-6)5-16-10(15)14-9(12)13/h2-4H,5H2,1H3,(H4,12,13,14,15). The maximum atomic E-state index is 11.0. The Hall–Kier alpha value is -1.75. The van der Waals surface area contributed by atoms with Gasteiger partial charge in [0.15, 0.2) is 5.96 Å². The third-order valence-electron chi connectivity index (χ3n) is 1.77. The van der Waals surface area contributed by atoms with Gasteiger partial charge in [-0.1, -0.05) is 29.3 Å². The third kappa shape index (κ3) is 3.78. The van der Waals surface area contributed by atoms with Crippen LogP contribution < -0.4 is 11.5 Å². The molecule has 5 nitrogen and oxygen atoms in total. The van der Waals surface area contributed by atoms with Crippen LogP contribution >= 0.6 is 11.6 Å². The topological polar surface area (TPSA) is 90.7 Å². The lowest BCUT2D eigenvalue weighted by atomic mass is 10.1. The minimum Gasteiger partial charge on any atom is -0.443 e. The van der Waals surface area contributed by atoms with Gasteiger partial charge in [0.2, 0.25) is 0 Å². The number of guanidine groups is 1. The normalized spacial score (nSPS) is 9.62. The van der Waals surface area contributed by atoms with Gasteiger partial charge in [0.25, 0.3) is 0 Å². The van der Waals surface area contributed by atoms with Crippen molar-refractivity contribution < 1.29 is 9.53 Å². The zero-order chi connectivity index (χ0) is 12.1. The van der Waals surface area contributed by atoms with E-state index >= 15 is 0 Å². The SMILES string of the molecule is Cc1ccc(Cl)c(COC(=O)N=C(N)N)c1. The Bertz CT molecular complexity index is 428. The number of carbonyl (C=O) groups is 1. The number of halogens is 1. The molecule has 0 spiro atoms. The highest BCUT2D eigenvalue weighted by Crippen LogP contribution is 2.18. The van der Waals surface area contributed by atoms with Gasteiger partial charge in [0.1, 0.15) is 6.61 Å². The van der Waals surface area contributed by atoms with Crippen LogP contribution in [0.25, 0.3) is 0 Å². The molecule has 4 N–H and O–H groups in total. The maximum Gasteiger partial charge on any atom is 0.437 e. The Morgan fingerprint density at radius 1 is 1.50 bits per heavy atom. The maximum absolute atomic E-state index is 11.0. The number of hydrogen-bond acceptors (Lipinski definition) is 2. The Balaban J connectivity index is 2.64. The van der Waals surface area contributed by atoms with Crippen molar-refractivity contribution in [2.24, 2.45) is 16.5 Å². The molecule has 1 aromatic carbocycles. The first-order chi connectivity index (χ1) is 7.49. The van der Waals surface area contributed by atoms with Gasteiger partial charge in [-0.2, -0.15) is 0 Å². The number of rotatable bonds is 2. The second kappa shape index (κ2) is 5.37. The lowest BCUT2D eigenvalue weighted by Crippen LogP contribution is -2.24. The van der Waals surface area contributed by atoms with E-state index in [0.717, 1.165) is 5.56 Å². The van der Waals surface area contributed by atoms with E-state index in [1.165, 1.54) is 0 Å². The first-order valence-corrected chi connectivity index (χ1v) is 4.88. The zero-order valence-corrected chi connectivity index (χ0v) is 9.49. The summed E-state index contributed by atoms with van der Waals surface area (Å²) < 4.78 is 4.80. The van der Waals surface area contributed by atoms with E-state index in [9.17, 15) is 4.79 Å². The van der Waals surface area contributed by atoms with Crippen molar-refractivity contribution >= 4 is 23.7 Å². The van der Waals surface area contributed by atoms with Crippen molar-refractivity contribution in [1.82, 2.24) is 0 Å². The van der Waals surface area contributed by atoms with Crippen LogP contribution in [-0.2, 0) is 11.3 Å². The summed E-state index contributed by atoms with van der Waals surface area (Å²) in [4.78, 5) is 14.2. The minimum atomic E-state index is -0.836. The number of amides is 1. The van der Waals surface area contributed by atoms with Gasteiger partial charge in [-0.05, 0) is 13.0 Å². The van der Waals surface area contributed by atoms with Crippen LogP contribution in [0.3, 0.4) is 0 Å². The average molecular weight is 242 g/mol. The summed E-state index contributed by atoms with van der Waals surface area (Å²) >= 11 is 5.91. The molecule has 0 saturated heterocycles. The largest absolute Gasteiger partial charge is 0.443 e. The Morgan fingerprint density at radius 2 is 2.19 bits per heavy atom. The highest BCUT2D eigenvalue weighted by molar-refractivity contribution is 6.31. The van der Waals surface area contributed by atoms with E-state index in [2.05, 4.69) is 4.99 Å². The molecule has 0 saturated carbocycles. The molecule has 0 unspecified atom stereocenters. The quantitative estimate of drug-likeness (QED) is 0.607. The fourth-order valence-electron chi connectivity index (χ4n) is 1.09. The second-order valence-corrected chi connectivity index (χ2v) is 3.59. The van der Waals surface area contributed by atoms with Crippen LogP contribution in [0.1, 0.15) is 11.1 Å². The molecule has 0 radical (unpaired) electrons. The molecular weight excluding hydrogens is 230 g/mol. The molecular formula is C10H12ClN3O2. The molecule has 0 aliphatic carbocycles. The predicted octanol–water partition coefficient (Wildman–Crippen LogP) is 1.56. The van der Waals surface area contributed by atoms with Gasteiger partial charge < -0.3 is 16.2 Å². The van der Waals surface area contributed by atoms with Crippen molar-refractivity contribution in [3.63, 3.8) is 0 Å². The van der Waals surface area contributed by atoms with E-state index in [-0.39, 0.29) is 12.6 Å². The fourth-order valence-corrected chi connectivity index (χ4v) is 1.26. The monoisotopic (exact) mass is 241 g/mol. The molecule has 0 bridgehead atoms. The fraction of sp³-hybridized carbons (Fsp3) is 0.200. The van der Waals surface area contributed by atoms with Crippen molar-refractivity contribution in [2.75, 3.05) is 0 Å². The van der Waals surface area contributed by atoms with Crippen molar-refractivity contribution in [3.05, 3.63) is 34.3 Å². The Labute approximate surface area is 98.0 Å². The molecule has 1 aromatic rings. The second-order valence-electron chi connectivity index (χ2n) is 3.19. The van der Waals surface area contributed by atoms with Gasteiger partial charge in [-0.25, -0.2) is 4.79 Å². The van der Waals surface area contributed by atoms with Crippen LogP contribution in [0.4, 0.5) is 4.79 Å². The summed E-state index contributed by atoms with van der Waals surface area (Å²) in [6.07, 6.45) is -0.836. The molecule has 0 atom stereocenters. The van der Waals surface area contributed by atoms with Crippen LogP contribution in [-0.4, -0.2) is 12.1 Å². The predicted molar refractivity (Wildman–Crippen MR) is 62.2 cm³/mol. The van der Waals surface area contributed by atoms with E-state index in [0.29, 0.717) is 10.6 Å². The number of nitrogens with two attached hydrogens (primary N) is 2. The highest BCUT2D eigenvalue weighted by atomic mass is 35.5. The van der Waals surface area contributed by atoms with Gasteiger partial charge in [-0.15, -0.1) is 4.99 Å². The summed E-state index contributed by atoms with van der Waals surface area (Å²) in [5, 5.41) is 0.531. The van der Waals surface area contributed by atoms with E-state index < -0.39 is 6.09 Å². The molecule has 16 heavy (non-hydrogen) atoms. The summed E-state index contributed by atoms with van der Waals surface area (Å²) in [6.45, 7) is 1.95. The lowest BCUT2D eigenvalue weighted by molar-refractivity contribution is 0.151. The van der Waals surface area contributed by atoms with Crippen LogP contribution in [0.2, 0.25) is 5.02 Å². The highest BCUT2D eigenvalue weighted by Gasteiger charge is 2.05. The number of nitrogens with zero attached hydrogens (tertiary/aromatic N) is 1. The Morgan fingerprint density at radius 3 is 2.81 bits per heavy atom. The number of benzene rings is 1. The van der Waals surface area contributed by atoms with Crippen LogP contribution in [0, 0.1) is 6.92 Å². The minimum absolute atomic E-state index is 0.0378. The Kier molecular flexibility index (Phi) is 4.13. The molecule has 1 rings (SSSR count). The van der Waals surface area contributed by atoms with Crippen molar-refractivity contribution in [3.8, 4) is 0 Å².